The highest BCUT2D eigenvalue weighted by atomic mass is 16.5. The summed E-state index contributed by atoms with van der Waals surface area (Å²) in [5, 5.41) is 7.04. The highest BCUT2D eigenvalue weighted by Gasteiger charge is 2.20. The van der Waals surface area contributed by atoms with Gasteiger partial charge in [0.1, 0.15) is 11.4 Å². The van der Waals surface area contributed by atoms with Gasteiger partial charge in [-0.15, -0.1) is 0 Å². The zero-order valence-electron chi connectivity index (χ0n) is 18.0. The molecule has 1 fully saturated rings. The number of hydrogen-bond donors (Lipinski definition) is 2. The Labute approximate surface area is 165 Å². The van der Waals surface area contributed by atoms with Gasteiger partial charge in [0.05, 0.1) is 0 Å². The van der Waals surface area contributed by atoms with Crippen LogP contribution in [-0.2, 0) is 6.54 Å². The Hall–Kier alpha value is -1.75. The van der Waals surface area contributed by atoms with E-state index in [1.807, 2.05) is 25.2 Å². The molecule has 1 aliphatic rings. The van der Waals surface area contributed by atoms with Gasteiger partial charge in [0.2, 0.25) is 0 Å². The number of nitrogens with zero attached hydrogens (tertiary/aromatic N) is 2. The second-order valence-electron chi connectivity index (χ2n) is 8.86. The van der Waals surface area contributed by atoms with E-state index in [1.165, 1.54) is 6.54 Å². The topological polar surface area (TPSA) is 48.9 Å². The van der Waals surface area contributed by atoms with Crippen molar-refractivity contribution in [2.75, 3.05) is 26.7 Å². The summed E-state index contributed by atoms with van der Waals surface area (Å²) in [7, 11) is 1.83. The molecule has 5 heteroatoms. The zero-order valence-corrected chi connectivity index (χ0v) is 18.0. The van der Waals surface area contributed by atoms with Gasteiger partial charge in [-0.2, -0.15) is 0 Å². The summed E-state index contributed by atoms with van der Waals surface area (Å²) in [6, 6.07) is 8.69. The zero-order chi connectivity index (χ0) is 19.9. The fourth-order valence-electron chi connectivity index (χ4n) is 3.42. The van der Waals surface area contributed by atoms with Crippen molar-refractivity contribution in [2.24, 2.45) is 10.9 Å². The van der Waals surface area contributed by atoms with Gasteiger partial charge >= 0.3 is 0 Å². The summed E-state index contributed by atoms with van der Waals surface area (Å²) in [6.45, 7) is 15.0. The van der Waals surface area contributed by atoms with E-state index in [-0.39, 0.29) is 5.60 Å². The molecule has 0 aromatic heterocycles. The minimum absolute atomic E-state index is 0.208. The largest absolute Gasteiger partial charge is 0.488 e. The summed E-state index contributed by atoms with van der Waals surface area (Å²) in [4.78, 5) is 6.98. The normalized spacial score (nSPS) is 17.2. The number of benzene rings is 1. The highest BCUT2D eigenvalue weighted by Crippen LogP contribution is 2.22. The van der Waals surface area contributed by atoms with Crippen molar-refractivity contribution < 1.29 is 4.74 Å². The second-order valence-corrected chi connectivity index (χ2v) is 8.86. The molecule has 0 unspecified atom stereocenters. The first-order chi connectivity index (χ1) is 12.8. The van der Waals surface area contributed by atoms with Crippen LogP contribution < -0.4 is 15.4 Å². The second kappa shape index (κ2) is 9.98. The molecule has 0 spiro atoms. The Morgan fingerprint density at radius 3 is 2.48 bits per heavy atom. The minimum Gasteiger partial charge on any atom is -0.488 e. The Morgan fingerprint density at radius 2 is 1.89 bits per heavy atom. The first-order valence-electron chi connectivity index (χ1n) is 10.2. The lowest BCUT2D eigenvalue weighted by molar-refractivity contribution is 0.129. The van der Waals surface area contributed by atoms with Gasteiger partial charge in [-0.05, 0) is 45.6 Å². The van der Waals surface area contributed by atoms with Crippen LogP contribution in [0, 0.1) is 5.92 Å². The molecule has 152 valence electrons. The van der Waals surface area contributed by atoms with Gasteiger partial charge in [0, 0.05) is 44.8 Å². The number of likely N-dealkylation sites (tertiary alicyclic amines) is 1. The van der Waals surface area contributed by atoms with Crippen molar-refractivity contribution in [3.63, 3.8) is 0 Å². The van der Waals surface area contributed by atoms with Crippen LogP contribution in [0.1, 0.15) is 53.0 Å². The van der Waals surface area contributed by atoms with Gasteiger partial charge in [0.25, 0.3) is 0 Å². The molecule has 2 N–H and O–H groups in total. The molecule has 0 radical (unpaired) electrons. The molecule has 0 bridgehead atoms. The van der Waals surface area contributed by atoms with Crippen molar-refractivity contribution in [1.29, 1.82) is 0 Å². The lowest BCUT2D eigenvalue weighted by atomic mass is 10.0. The Morgan fingerprint density at radius 1 is 1.22 bits per heavy atom. The van der Waals surface area contributed by atoms with E-state index in [1.54, 1.807) is 0 Å². The number of ether oxygens (including phenoxy) is 1. The van der Waals surface area contributed by atoms with Crippen molar-refractivity contribution in [3.8, 4) is 5.75 Å². The van der Waals surface area contributed by atoms with Gasteiger partial charge < -0.3 is 20.3 Å². The molecule has 0 amide bonds. The fourth-order valence-corrected chi connectivity index (χ4v) is 3.42. The first kappa shape index (κ1) is 21.5. The van der Waals surface area contributed by atoms with Crippen LogP contribution in [0.2, 0.25) is 0 Å². The molecule has 2 rings (SSSR count). The summed E-state index contributed by atoms with van der Waals surface area (Å²) >= 11 is 0. The van der Waals surface area contributed by atoms with Crippen molar-refractivity contribution in [1.82, 2.24) is 15.5 Å². The Bertz CT molecular complexity index is 599. The van der Waals surface area contributed by atoms with Crippen LogP contribution in [0.4, 0.5) is 0 Å². The molecule has 5 nitrogen and oxygen atoms in total. The maximum atomic E-state index is 6.09. The van der Waals surface area contributed by atoms with Gasteiger partial charge in [-0.1, -0.05) is 32.0 Å². The fraction of sp³-hybridized carbons (Fsp3) is 0.682. The lowest BCUT2D eigenvalue weighted by Gasteiger charge is -2.34. The van der Waals surface area contributed by atoms with E-state index in [2.05, 4.69) is 61.2 Å². The minimum atomic E-state index is -0.208. The van der Waals surface area contributed by atoms with Gasteiger partial charge in [-0.25, -0.2) is 0 Å². The maximum absolute atomic E-state index is 6.09. The number of aliphatic imine (C=N–C) groups is 1. The van der Waals surface area contributed by atoms with Crippen LogP contribution in [-0.4, -0.2) is 49.2 Å². The van der Waals surface area contributed by atoms with Crippen LogP contribution in [0.3, 0.4) is 0 Å². The molecule has 1 saturated heterocycles. The van der Waals surface area contributed by atoms with Crippen LogP contribution >= 0.6 is 0 Å². The Kier molecular flexibility index (Phi) is 7.96. The average Bonchev–Trinajstić information content (AvgIpc) is 2.59. The summed E-state index contributed by atoms with van der Waals surface area (Å²) in [5.74, 6) is 2.53. The monoisotopic (exact) mass is 374 g/mol. The van der Waals surface area contributed by atoms with E-state index >= 15 is 0 Å². The third-order valence-electron chi connectivity index (χ3n) is 4.61. The predicted molar refractivity (Wildman–Crippen MR) is 114 cm³/mol. The molecule has 1 aromatic carbocycles. The highest BCUT2D eigenvalue weighted by molar-refractivity contribution is 5.80. The molecular formula is C22H38N4O. The standard InChI is InChI=1S/C22H38N4O/c1-17(2)16-26-13-11-19(12-14-26)25-21(23-6)24-15-18-9-7-8-10-20(18)27-22(3,4)5/h7-10,17,19H,11-16H2,1-6H3,(H2,23,24,25). The van der Waals surface area contributed by atoms with Crippen LogP contribution in [0.5, 0.6) is 5.75 Å². The number of rotatable bonds is 6. The van der Waals surface area contributed by atoms with E-state index in [9.17, 15) is 0 Å². The SMILES string of the molecule is CN=C(NCc1ccccc1OC(C)(C)C)NC1CCN(CC(C)C)CC1. The van der Waals surface area contributed by atoms with Crippen molar-refractivity contribution in [3.05, 3.63) is 29.8 Å². The molecule has 0 atom stereocenters. The quantitative estimate of drug-likeness (QED) is 0.589. The smallest absolute Gasteiger partial charge is 0.191 e. The molecular weight excluding hydrogens is 336 g/mol. The molecule has 1 aromatic rings. The van der Waals surface area contributed by atoms with Crippen LogP contribution in [0.25, 0.3) is 0 Å². The lowest BCUT2D eigenvalue weighted by Crippen LogP contribution is -2.49. The third kappa shape index (κ3) is 7.79. The van der Waals surface area contributed by atoms with E-state index in [0.717, 1.165) is 49.1 Å². The maximum Gasteiger partial charge on any atom is 0.191 e. The third-order valence-corrected chi connectivity index (χ3v) is 4.61. The molecule has 0 aliphatic carbocycles. The first-order valence-corrected chi connectivity index (χ1v) is 10.2. The molecule has 27 heavy (non-hydrogen) atoms. The molecule has 1 aliphatic heterocycles. The molecule has 0 saturated carbocycles. The summed E-state index contributed by atoms with van der Waals surface area (Å²) < 4.78 is 6.09. The number of guanidine groups is 1. The number of nitrogens with one attached hydrogen (secondary N) is 2. The van der Waals surface area contributed by atoms with Gasteiger partial charge in [-0.3, -0.25) is 4.99 Å². The average molecular weight is 375 g/mol. The number of piperidine rings is 1. The number of para-hydroxylation sites is 1. The Balaban J connectivity index is 1.85. The van der Waals surface area contributed by atoms with Crippen molar-refractivity contribution >= 4 is 5.96 Å². The van der Waals surface area contributed by atoms with E-state index in [4.69, 9.17) is 4.74 Å². The summed E-state index contributed by atoms with van der Waals surface area (Å²) in [6.07, 6.45) is 2.33. The van der Waals surface area contributed by atoms with E-state index in [0.29, 0.717) is 12.6 Å². The van der Waals surface area contributed by atoms with Crippen molar-refractivity contribution in [2.45, 2.75) is 65.6 Å². The van der Waals surface area contributed by atoms with E-state index < -0.39 is 0 Å². The summed E-state index contributed by atoms with van der Waals surface area (Å²) in [5.41, 5.74) is 0.933. The predicted octanol–water partition coefficient (Wildman–Crippen LogP) is 3.65. The molecule has 1 heterocycles. The van der Waals surface area contributed by atoms with Crippen LogP contribution in [0.15, 0.2) is 29.3 Å². The van der Waals surface area contributed by atoms with Gasteiger partial charge in [0.15, 0.2) is 5.96 Å². The number of hydrogen-bond acceptors (Lipinski definition) is 3.